The van der Waals surface area contributed by atoms with Crippen LogP contribution in [0.3, 0.4) is 0 Å². The van der Waals surface area contributed by atoms with Crippen molar-refractivity contribution in [2.45, 2.75) is 23.8 Å². The Kier molecular flexibility index (Phi) is 5.36. The number of amides is 2. The zero-order valence-electron chi connectivity index (χ0n) is 13.8. The molecule has 0 aliphatic carbocycles. The number of carbonyl (C=O) groups excluding carboxylic acids is 2. The Hall–Kier alpha value is -1.97. The Morgan fingerprint density at radius 2 is 1.80 bits per heavy atom. The monoisotopic (exact) mass is 366 g/mol. The third-order valence-corrected chi connectivity index (χ3v) is 6.29. The summed E-state index contributed by atoms with van der Waals surface area (Å²) in [5.41, 5.74) is 0.425. The van der Waals surface area contributed by atoms with Gasteiger partial charge in [-0.25, -0.2) is 8.42 Å². The molecule has 0 atom stereocenters. The van der Waals surface area contributed by atoms with Crippen LogP contribution in [0.1, 0.15) is 23.2 Å². The summed E-state index contributed by atoms with van der Waals surface area (Å²) in [6, 6.07) is 5.99. The lowest BCUT2D eigenvalue weighted by Crippen LogP contribution is -2.49. The molecule has 2 heterocycles. The molecular weight excluding hydrogens is 344 g/mol. The highest BCUT2D eigenvalue weighted by Crippen LogP contribution is 2.17. The number of piperidine rings is 1. The Morgan fingerprint density at radius 1 is 1.12 bits per heavy atom. The molecule has 3 rings (SSSR count). The van der Waals surface area contributed by atoms with Gasteiger partial charge in [-0.15, -0.1) is 0 Å². The van der Waals surface area contributed by atoms with Gasteiger partial charge in [0.1, 0.15) is 0 Å². The topological polar surface area (TPSA) is 108 Å². The minimum Gasteiger partial charge on any atom is -0.354 e. The van der Waals surface area contributed by atoms with Gasteiger partial charge in [-0.3, -0.25) is 9.59 Å². The molecule has 2 fully saturated rings. The van der Waals surface area contributed by atoms with E-state index in [4.69, 9.17) is 0 Å². The summed E-state index contributed by atoms with van der Waals surface area (Å²) in [7, 11) is -3.73. The molecule has 136 valence electrons. The van der Waals surface area contributed by atoms with Crippen molar-refractivity contribution in [3.8, 4) is 0 Å². The highest BCUT2D eigenvalue weighted by atomic mass is 32.2. The van der Waals surface area contributed by atoms with Crippen molar-refractivity contribution in [1.82, 2.24) is 20.3 Å². The van der Waals surface area contributed by atoms with Crippen LogP contribution in [0.15, 0.2) is 29.2 Å². The molecule has 0 radical (unpaired) electrons. The van der Waals surface area contributed by atoms with Crippen molar-refractivity contribution in [2.24, 2.45) is 0 Å². The molecule has 0 saturated carbocycles. The van der Waals surface area contributed by atoms with E-state index in [1.807, 2.05) is 0 Å². The summed E-state index contributed by atoms with van der Waals surface area (Å²) in [6.45, 7) is 2.12. The maximum absolute atomic E-state index is 12.6. The first-order valence-electron chi connectivity index (χ1n) is 8.35. The van der Waals surface area contributed by atoms with E-state index in [-0.39, 0.29) is 35.8 Å². The predicted molar refractivity (Wildman–Crippen MR) is 91.6 cm³/mol. The summed E-state index contributed by atoms with van der Waals surface area (Å²) in [6.07, 6.45) is 1.77. The molecule has 9 heteroatoms. The van der Waals surface area contributed by atoms with E-state index in [1.54, 1.807) is 0 Å². The van der Waals surface area contributed by atoms with Crippen molar-refractivity contribution in [1.29, 1.82) is 0 Å². The lowest BCUT2D eigenvalue weighted by atomic mass is 10.1. The van der Waals surface area contributed by atoms with Crippen LogP contribution in [-0.2, 0) is 14.8 Å². The summed E-state index contributed by atoms with van der Waals surface area (Å²) >= 11 is 0. The second-order valence-corrected chi connectivity index (χ2v) is 8.15. The molecular formula is C16H22N4O4S. The second-order valence-electron chi connectivity index (χ2n) is 6.21. The Morgan fingerprint density at radius 3 is 2.44 bits per heavy atom. The Labute approximate surface area is 147 Å². The van der Waals surface area contributed by atoms with Gasteiger partial charge in [0.15, 0.2) is 0 Å². The number of carbonyl (C=O) groups is 2. The molecule has 0 spiro atoms. The minimum absolute atomic E-state index is 0.0839. The van der Waals surface area contributed by atoms with E-state index in [0.717, 1.165) is 30.2 Å². The molecule has 0 unspecified atom stereocenters. The van der Waals surface area contributed by atoms with Gasteiger partial charge in [-0.1, -0.05) is 0 Å². The molecule has 3 N–H and O–H groups in total. The first-order valence-corrected chi connectivity index (χ1v) is 9.79. The minimum atomic E-state index is -3.73. The van der Waals surface area contributed by atoms with E-state index < -0.39 is 10.0 Å². The quantitative estimate of drug-likeness (QED) is 0.652. The number of rotatable bonds is 4. The van der Waals surface area contributed by atoms with Crippen LogP contribution in [0.5, 0.6) is 0 Å². The molecule has 0 aromatic heterocycles. The lowest BCUT2D eigenvalue weighted by Gasteiger charge is -2.26. The van der Waals surface area contributed by atoms with Crippen LogP contribution < -0.4 is 16.0 Å². The van der Waals surface area contributed by atoms with Gasteiger partial charge in [-0.05, 0) is 50.2 Å². The van der Waals surface area contributed by atoms with E-state index in [2.05, 4.69) is 16.0 Å². The highest BCUT2D eigenvalue weighted by Gasteiger charge is 2.29. The summed E-state index contributed by atoms with van der Waals surface area (Å²) in [4.78, 5) is 23.8. The average Bonchev–Trinajstić information content (AvgIpc) is 2.62. The zero-order valence-corrected chi connectivity index (χ0v) is 14.6. The molecule has 25 heavy (non-hydrogen) atoms. The second kappa shape index (κ2) is 7.51. The smallest absolute Gasteiger partial charge is 0.251 e. The lowest BCUT2D eigenvalue weighted by molar-refractivity contribution is -0.122. The summed E-state index contributed by atoms with van der Waals surface area (Å²) in [5.74, 6) is -0.513. The fourth-order valence-corrected chi connectivity index (χ4v) is 4.38. The van der Waals surface area contributed by atoms with E-state index in [0.29, 0.717) is 12.1 Å². The third-order valence-electron chi connectivity index (χ3n) is 4.43. The van der Waals surface area contributed by atoms with Crippen LogP contribution >= 0.6 is 0 Å². The van der Waals surface area contributed by atoms with Gasteiger partial charge in [0, 0.05) is 24.7 Å². The molecule has 2 amide bonds. The van der Waals surface area contributed by atoms with E-state index in [1.165, 1.54) is 24.3 Å². The molecule has 1 aromatic rings. The maximum atomic E-state index is 12.6. The highest BCUT2D eigenvalue weighted by molar-refractivity contribution is 7.89. The predicted octanol–water partition coefficient (Wildman–Crippen LogP) is -0.711. The van der Waals surface area contributed by atoms with Crippen molar-refractivity contribution >= 4 is 21.8 Å². The van der Waals surface area contributed by atoms with E-state index in [9.17, 15) is 18.0 Å². The van der Waals surface area contributed by atoms with Gasteiger partial charge >= 0.3 is 0 Å². The summed E-state index contributed by atoms with van der Waals surface area (Å²) in [5, 5.41) is 8.80. The molecule has 2 aliphatic heterocycles. The molecule has 1 aromatic carbocycles. The number of benzene rings is 1. The van der Waals surface area contributed by atoms with Gasteiger partial charge in [-0.2, -0.15) is 4.31 Å². The number of sulfonamides is 1. The van der Waals surface area contributed by atoms with Crippen LogP contribution in [0, 0.1) is 0 Å². The van der Waals surface area contributed by atoms with Gasteiger partial charge < -0.3 is 16.0 Å². The van der Waals surface area contributed by atoms with Gasteiger partial charge in [0.2, 0.25) is 15.9 Å². The largest absolute Gasteiger partial charge is 0.354 e. The zero-order chi connectivity index (χ0) is 17.9. The van der Waals surface area contributed by atoms with Crippen molar-refractivity contribution in [2.75, 3.05) is 32.7 Å². The molecule has 2 aliphatic rings. The molecule has 8 nitrogen and oxygen atoms in total. The van der Waals surface area contributed by atoms with Gasteiger partial charge in [0.05, 0.1) is 11.4 Å². The fraction of sp³-hybridized carbons (Fsp3) is 0.500. The van der Waals surface area contributed by atoms with Crippen molar-refractivity contribution in [3.05, 3.63) is 29.8 Å². The summed E-state index contributed by atoms with van der Waals surface area (Å²) < 4.78 is 26.3. The van der Waals surface area contributed by atoms with Crippen LogP contribution in [0.4, 0.5) is 0 Å². The molecule has 2 saturated heterocycles. The third kappa shape index (κ3) is 4.17. The number of piperazine rings is 1. The van der Waals surface area contributed by atoms with Crippen molar-refractivity contribution < 1.29 is 18.0 Å². The van der Waals surface area contributed by atoms with Crippen LogP contribution in [0.2, 0.25) is 0 Å². The fourth-order valence-electron chi connectivity index (χ4n) is 2.98. The number of nitrogens with one attached hydrogen (secondary N) is 3. The van der Waals surface area contributed by atoms with Crippen LogP contribution in [0.25, 0.3) is 0 Å². The Balaban J connectivity index is 1.68. The maximum Gasteiger partial charge on any atom is 0.251 e. The number of nitrogens with zero attached hydrogens (tertiary/aromatic N) is 1. The first kappa shape index (κ1) is 17.8. The average molecular weight is 366 g/mol. The standard InChI is InChI=1S/C16H22N4O4S/c21-15-11-20(10-9-18-15)25(23,24)14-3-1-12(2-4-14)16(22)19-13-5-7-17-8-6-13/h1-4,13,17H,5-11H2,(H,18,21)(H,19,22). The first-order chi connectivity index (χ1) is 12.0. The van der Waals surface area contributed by atoms with Crippen LogP contribution in [-0.4, -0.2) is 63.3 Å². The number of hydrogen-bond donors (Lipinski definition) is 3. The van der Waals surface area contributed by atoms with Gasteiger partial charge in [0.25, 0.3) is 5.91 Å². The Bertz CT molecular complexity index is 742. The number of hydrogen-bond acceptors (Lipinski definition) is 5. The van der Waals surface area contributed by atoms with Crippen molar-refractivity contribution in [3.63, 3.8) is 0 Å². The molecule has 0 bridgehead atoms. The normalized spacial score (nSPS) is 20.1. The SMILES string of the molecule is O=C1CN(S(=O)(=O)c2ccc(C(=O)NC3CCNCC3)cc2)CCN1. The van der Waals surface area contributed by atoms with E-state index >= 15 is 0 Å².